The minimum atomic E-state index is -1.15. The van der Waals surface area contributed by atoms with Crippen LogP contribution in [0.3, 0.4) is 0 Å². The van der Waals surface area contributed by atoms with E-state index >= 15 is 0 Å². The summed E-state index contributed by atoms with van der Waals surface area (Å²) in [6, 6.07) is 3.23. The molecule has 0 amide bonds. The maximum absolute atomic E-state index is 11.0. The topological polar surface area (TPSA) is 81.8 Å². The molecule has 1 N–H and O–H groups in total. The zero-order chi connectivity index (χ0) is 15.9. The van der Waals surface area contributed by atoms with E-state index in [0.717, 1.165) is 15.6 Å². The van der Waals surface area contributed by atoms with Crippen LogP contribution in [0, 0.1) is 0 Å². The van der Waals surface area contributed by atoms with Gasteiger partial charge in [-0.2, -0.15) is 0 Å². The Balaban J connectivity index is 2.20. The fourth-order valence-electron chi connectivity index (χ4n) is 2.44. The van der Waals surface area contributed by atoms with Crippen molar-refractivity contribution in [2.45, 2.75) is 19.8 Å². The quantitative estimate of drug-likeness (QED) is 0.890. The molecule has 0 spiro atoms. The first kappa shape index (κ1) is 14.9. The lowest BCUT2D eigenvalue weighted by molar-refractivity contribution is 0.0652. The molecular weight excluding hydrogens is 354 g/mol. The molecule has 1 aliphatic rings. The van der Waals surface area contributed by atoms with Gasteiger partial charge in [-0.1, -0.05) is 19.0 Å². The highest BCUT2D eigenvalue weighted by Crippen LogP contribution is 2.47. The van der Waals surface area contributed by atoms with Crippen LogP contribution in [0.1, 0.15) is 35.9 Å². The normalized spacial score (nSPS) is 13.5. The number of aromatic nitrogens is 1. The highest BCUT2D eigenvalue weighted by Gasteiger charge is 2.25. The summed E-state index contributed by atoms with van der Waals surface area (Å²) in [4.78, 5) is 11.0. The number of ether oxygens (including phenoxy) is 2. The Bertz CT molecular complexity index is 738. The van der Waals surface area contributed by atoms with Crippen molar-refractivity contribution in [1.29, 1.82) is 0 Å². The number of carboxylic acids is 1. The standard InChI is InChI=1S/C15H14BrNO5/c1-7(2)12-8(9-6-11(15(18)19)22-17-9)5-10-14(13(12)16)21-4-3-20-10/h5-7H,3-4H2,1-2H3,(H,18,19). The molecule has 2 aromatic rings. The van der Waals surface area contributed by atoms with E-state index < -0.39 is 5.97 Å². The summed E-state index contributed by atoms with van der Waals surface area (Å²) in [6.07, 6.45) is 0. The van der Waals surface area contributed by atoms with Gasteiger partial charge in [-0.15, -0.1) is 0 Å². The summed E-state index contributed by atoms with van der Waals surface area (Å²) >= 11 is 3.57. The molecule has 0 saturated carbocycles. The molecule has 3 rings (SSSR count). The van der Waals surface area contributed by atoms with Crippen LogP contribution >= 0.6 is 15.9 Å². The minimum absolute atomic E-state index is 0.171. The molecule has 1 aliphatic heterocycles. The second-order valence-corrected chi connectivity index (χ2v) is 6.01. The number of rotatable bonds is 3. The Morgan fingerprint density at radius 1 is 1.32 bits per heavy atom. The van der Waals surface area contributed by atoms with Crippen molar-refractivity contribution in [3.63, 3.8) is 0 Å². The van der Waals surface area contributed by atoms with Gasteiger partial charge in [0.1, 0.15) is 18.9 Å². The molecule has 116 valence electrons. The predicted octanol–water partition coefficient (Wildman–Crippen LogP) is 3.70. The number of carbonyl (C=O) groups is 1. The lowest BCUT2D eigenvalue weighted by atomic mass is 9.94. The molecule has 22 heavy (non-hydrogen) atoms. The third kappa shape index (κ3) is 2.45. The number of hydrogen-bond acceptors (Lipinski definition) is 5. The molecule has 0 saturated heterocycles. The van der Waals surface area contributed by atoms with Crippen molar-refractivity contribution in [1.82, 2.24) is 5.16 Å². The van der Waals surface area contributed by atoms with Crippen LogP contribution in [0.4, 0.5) is 0 Å². The van der Waals surface area contributed by atoms with Crippen molar-refractivity contribution in [3.05, 3.63) is 27.9 Å². The lowest BCUT2D eigenvalue weighted by Gasteiger charge is -2.24. The molecule has 0 radical (unpaired) electrons. The average Bonchev–Trinajstić information content (AvgIpc) is 2.96. The molecule has 6 nitrogen and oxygen atoms in total. The molecule has 7 heteroatoms. The van der Waals surface area contributed by atoms with E-state index in [1.54, 1.807) is 0 Å². The molecule has 0 fully saturated rings. The Morgan fingerprint density at radius 3 is 2.68 bits per heavy atom. The zero-order valence-electron chi connectivity index (χ0n) is 12.1. The van der Waals surface area contributed by atoms with Gasteiger partial charge in [-0.25, -0.2) is 4.79 Å². The van der Waals surface area contributed by atoms with Gasteiger partial charge in [-0.3, -0.25) is 0 Å². The molecule has 1 aromatic heterocycles. The van der Waals surface area contributed by atoms with Gasteiger partial charge in [0.2, 0.25) is 5.76 Å². The first-order valence-electron chi connectivity index (χ1n) is 6.81. The average molecular weight is 368 g/mol. The Hall–Kier alpha value is -2.02. The first-order valence-corrected chi connectivity index (χ1v) is 7.60. The number of halogens is 1. The van der Waals surface area contributed by atoms with E-state index in [1.807, 2.05) is 19.9 Å². The molecule has 0 unspecified atom stereocenters. The highest BCUT2D eigenvalue weighted by molar-refractivity contribution is 9.10. The maximum atomic E-state index is 11.0. The van der Waals surface area contributed by atoms with Gasteiger partial charge in [0.25, 0.3) is 0 Å². The van der Waals surface area contributed by atoms with E-state index in [0.29, 0.717) is 30.4 Å². The van der Waals surface area contributed by atoms with E-state index in [1.165, 1.54) is 6.07 Å². The summed E-state index contributed by atoms with van der Waals surface area (Å²) in [5, 5.41) is 12.9. The first-order chi connectivity index (χ1) is 10.5. The van der Waals surface area contributed by atoms with Crippen molar-refractivity contribution in [3.8, 4) is 22.8 Å². The summed E-state index contributed by atoms with van der Waals surface area (Å²) in [5.74, 6) is 0.0976. The van der Waals surface area contributed by atoms with Gasteiger partial charge in [0, 0.05) is 11.6 Å². The highest BCUT2D eigenvalue weighted by atomic mass is 79.9. The van der Waals surface area contributed by atoms with E-state index in [4.69, 9.17) is 19.1 Å². The molecular formula is C15H14BrNO5. The fourth-order valence-corrected chi connectivity index (χ4v) is 3.42. The van der Waals surface area contributed by atoms with Gasteiger partial charge >= 0.3 is 5.97 Å². The van der Waals surface area contributed by atoms with Crippen molar-refractivity contribution in [2.24, 2.45) is 0 Å². The molecule has 0 aliphatic carbocycles. The second-order valence-electron chi connectivity index (χ2n) is 5.21. The lowest BCUT2D eigenvalue weighted by Crippen LogP contribution is -2.16. The number of nitrogens with zero attached hydrogens (tertiary/aromatic N) is 1. The number of carboxylic acid groups (broad SMARTS) is 1. The number of benzene rings is 1. The number of fused-ring (bicyclic) bond motifs is 1. The molecule has 0 atom stereocenters. The van der Waals surface area contributed by atoms with Gasteiger partial charge in [0.15, 0.2) is 11.5 Å². The van der Waals surface area contributed by atoms with Crippen LogP contribution in [0.5, 0.6) is 11.5 Å². The van der Waals surface area contributed by atoms with Crippen molar-refractivity contribution in [2.75, 3.05) is 13.2 Å². The van der Waals surface area contributed by atoms with Gasteiger partial charge < -0.3 is 19.1 Å². The van der Waals surface area contributed by atoms with E-state index in [2.05, 4.69) is 21.1 Å². The SMILES string of the molecule is CC(C)c1c(-c2cc(C(=O)O)on2)cc2c(c1Br)OCCO2. The van der Waals surface area contributed by atoms with Crippen LogP contribution in [0.2, 0.25) is 0 Å². The predicted molar refractivity (Wildman–Crippen MR) is 81.7 cm³/mol. The van der Waals surface area contributed by atoms with E-state index in [-0.39, 0.29) is 11.7 Å². The van der Waals surface area contributed by atoms with Crippen LogP contribution in [-0.2, 0) is 0 Å². The second kappa shape index (κ2) is 5.64. The Labute approximate surface area is 135 Å². The fraction of sp³-hybridized carbons (Fsp3) is 0.333. The van der Waals surface area contributed by atoms with E-state index in [9.17, 15) is 4.79 Å². The smallest absolute Gasteiger partial charge is 0.374 e. The van der Waals surface area contributed by atoms with Crippen LogP contribution in [0.25, 0.3) is 11.3 Å². The Morgan fingerprint density at radius 2 is 2.05 bits per heavy atom. The van der Waals surface area contributed by atoms with Crippen LogP contribution in [0.15, 0.2) is 21.1 Å². The monoisotopic (exact) mass is 367 g/mol. The number of aromatic carboxylic acids is 1. The number of hydrogen-bond donors (Lipinski definition) is 1. The molecule has 2 heterocycles. The summed E-state index contributed by atoms with van der Waals surface area (Å²) in [6.45, 7) is 5.05. The van der Waals surface area contributed by atoms with Crippen LogP contribution < -0.4 is 9.47 Å². The van der Waals surface area contributed by atoms with Crippen LogP contribution in [-0.4, -0.2) is 29.4 Å². The third-order valence-corrected chi connectivity index (χ3v) is 4.17. The maximum Gasteiger partial charge on any atom is 0.374 e. The summed E-state index contributed by atoms with van der Waals surface area (Å²) < 4.78 is 17.0. The molecule has 0 bridgehead atoms. The zero-order valence-corrected chi connectivity index (χ0v) is 13.6. The van der Waals surface area contributed by atoms with Crippen molar-refractivity contribution < 1.29 is 23.9 Å². The molecule has 1 aromatic carbocycles. The largest absolute Gasteiger partial charge is 0.486 e. The summed E-state index contributed by atoms with van der Waals surface area (Å²) in [5.41, 5.74) is 2.19. The summed E-state index contributed by atoms with van der Waals surface area (Å²) in [7, 11) is 0. The van der Waals surface area contributed by atoms with Gasteiger partial charge in [-0.05, 0) is 33.5 Å². The van der Waals surface area contributed by atoms with Gasteiger partial charge in [0.05, 0.1) is 4.47 Å². The third-order valence-electron chi connectivity index (χ3n) is 3.39. The minimum Gasteiger partial charge on any atom is -0.486 e. The Kier molecular flexibility index (Phi) is 3.82. The van der Waals surface area contributed by atoms with Crippen molar-refractivity contribution >= 4 is 21.9 Å².